The summed E-state index contributed by atoms with van der Waals surface area (Å²) in [4.78, 5) is 32.6. The van der Waals surface area contributed by atoms with Gasteiger partial charge in [-0.1, -0.05) is 0 Å². The summed E-state index contributed by atoms with van der Waals surface area (Å²) in [5.74, 6) is -5.03. The number of carboxylic acids is 3. The summed E-state index contributed by atoms with van der Waals surface area (Å²) in [6, 6.07) is 2.37. The van der Waals surface area contributed by atoms with Crippen molar-refractivity contribution >= 4 is 29.3 Å². The molecular weight excluding hydrogens is 365 g/mol. The van der Waals surface area contributed by atoms with Crippen molar-refractivity contribution in [3.8, 4) is 5.75 Å². The molecule has 0 aliphatic carbocycles. The van der Waals surface area contributed by atoms with Gasteiger partial charge < -0.3 is 34.8 Å². The Bertz CT molecular complexity index is 910. The number of quaternary nitrogens is 1. The molecule has 0 radical (unpaired) electrons. The van der Waals surface area contributed by atoms with Crippen LogP contribution < -0.4 is 14.5 Å². The van der Waals surface area contributed by atoms with Crippen LogP contribution in [0.3, 0.4) is 0 Å². The van der Waals surface area contributed by atoms with Gasteiger partial charge in [0.15, 0.2) is 6.61 Å². The SMILES string of the molecule is [2H]C([2H])([2H])[15N+](c1ccc(NC(OCC(=O)O)OCC(=O)O)c(OCC(=O)O)c1)(C([2H])([2H])[2H])C([2H])([2H])[2H]. The molecule has 0 atom stereocenters. The molecule has 0 amide bonds. The van der Waals surface area contributed by atoms with Gasteiger partial charge in [-0.05, 0) is 6.07 Å². The Morgan fingerprint density at radius 2 is 1.59 bits per heavy atom. The number of hydrogen-bond acceptors (Lipinski definition) is 7. The van der Waals surface area contributed by atoms with Crippen molar-refractivity contribution < 1.29 is 56.3 Å². The molecule has 4 N–H and O–H groups in total. The van der Waals surface area contributed by atoms with Crippen molar-refractivity contribution in [2.24, 2.45) is 0 Å². The van der Waals surface area contributed by atoms with Crippen LogP contribution in [0.15, 0.2) is 18.2 Å². The normalized spacial score (nSPS) is 17.6. The van der Waals surface area contributed by atoms with Crippen molar-refractivity contribution in [1.82, 2.24) is 4.48 Å². The number of nitrogens with one attached hydrogen (secondary N) is 1. The number of rotatable bonds is 12. The fraction of sp³-hybridized carbons (Fsp3) is 0.438. The number of anilines is 1. The minimum Gasteiger partial charge on any atom is -0.480 e. The van der Waals surface area contributed by atoms with Crippen LogP contribution in [0.25, 0.3) is 0 Å². The quantitative estimate of drug-likeness (QED) is 0.219. The van der Waals surface area contributed by atoms with Crippen molar-refractivity contribution in [1.29, 1.82) is 0 Å². The van der Waals surface area contributed by atoms with E-state index in [0.29, 0.717) is 6.07 Å². The van der Waals surface area contributed by atoms with Crippen LogP contribution in [-0.2, 0) is 23.9 Å². The Labute approximate surface area is 167 Å². The number of nitrogens with zero attached hydrogens (tertiary/aromatic N) is 1. The molecule has 11 nitrogen and oxygen atoms in total. The Balaban J connectivity index is 3.71. The van der Waals surface area contributed by atoms with E-state index in [1.165, 1.54) is 0 Å². The number of ether oxygens (including phenoxy) is 3. The fourth-order valence-corrected chi connectivity index (χ4v) is 1.65. The third-order valence-corrected chi connectivity index (χ3v) is 2.69. The summed E-state index contributed by atoms with van der Waals surface area (Å²) in [5.41, 5.74) is -1.13. The molecule has 0 aliphatic rings. The molecule has 27 heavy (non-hydrogen) atoms. The van der Waals surface area contributed by atoms with E-state index in [0.717, 1.165) is 12.1 Å². The van der Waals surface area contributed by atoms with Gasteiger partial charge in [0.2, 0.25) is 6.41 Å². The predicted molar refractivity (Wildman–Crippen MR) is 93.7 cm³/mol. The molecule has 0 aromatic heterocycles. The highest BCUT2D eigenvalue weighted by Crippen LogP contribution is 2.32. The zero-order valence-corrected chi connectivity index (χ0v) is 13.7. The van der Waals surface area contributed by atoms with Gasteiger partial charge in [-0.2, -0.15) is 0 Å². The topological polar surface area (TPSA) is 152 Å². The number of aliphatic carboxylic acids is 3. The molecular formula is C16H23N2O9+. The predicted octanol–water partition coefficient (Wildman–Crippen LogP) is 0.245. The lowest BCUT2D eigenvalue weighted by Crippen LogP contribution is -2.35. The zero-order chi connectivity index (χ0) is 28.1. The van der Waals surface area contributed by atoms with Gasteiger partial charge in [-0.15, -0.1) is 0 Å². The molecule has 0 spiro atoms. The second-order valence-corrected chi connectivity index (χ2v) is 4.92. The third-order valence-electron chi connectivity index (χ3n) is 2.69. The summed E-state index contributed by atoms with van der Waals surface area (Å²) in [6.45, 7) is -14.0. The van der Waals surface area contributed by atoms with E-state index in [9.17, 15) is 14.4 Å². The number of carboxylic acid groups (broad SMARTS) is 3. The molecule has 0 heterocycles. The van der Waals surface area contributed by atoms with Crippen LogP contribution in [0.2, 0.25) is 0 Å². The van der Waals surface area contributed by atoms with Crippen molar-refractivity contribution in [3.63, 3.8) is 0 Å². The van der Waals surface area contributed by atoms with Crippen molar-refractivity contribution in [2.75, 3.05) is 46.1 Å². The van der Waals surface area contributed by atoms with Gasteiger partial charge in [-0.3, -0.25) is 4.48 Å². The molecule has 0 bridgehead atoms. The van der Waals surface area contributed by atoms with Gasteiger partial charge in [0, 0.05) is 12.1 Å². The van der Waals surface area contributed by atoms with Gasteiger partial charge in [-0.25, -0.2) is 14.4 Å². The zero-order valence-electron chi connectivity index (χ0n) is 22.7. The van der Waals surface area contributed by atoms with Crippen LogP contribution in [0.1, 0.15) is 12.3 Å². The standard InChI is InChI=1S/C16H22N2O9/c1-18(2,3)10-4-5-11(12(6-10)25-7-13(19)20)17-16(26-8-14(21)22)27-9-15(23)24/h4-6,16-17H,7-9H2,1-3H3,(H2-,19,20,21,22,23,24)/p+1/i1D3,2D3,3D3,18+1. The molecule has 0 unspecified atom stereocenters. The smallest absolute Gasteiger partial charge is 0.341 e. The third kappa shape index (κ3) is 8.35. The Morgan fingerprint density at radius 3 is 2.07 bits per heavy atom. The lowest BCUT2D eigenvalue weighted by molar-refractivity contribution is -0.169. The molecule has 0 fully saturated rings. The lowest BCUT2D eigenvalue weighted by atomic mass is 10.2. The second kappa shape index (κ2) is 9.71. The first-order valence-corrected chi connectivity index (χ1v) is 7.06. The number of hydrogen-bond donors (Lipinski definition) is 4. The average molecular weight is 397 g/mol. The molecule has 11 heteroatoms. The van der Waals surface area contributed by atoms with E-state index < -0.39 is 81.0 Å². The summed E-state index contributed by atoms with van der Waals surface area (Å²) >= 11 is 0. The van der Waals surface area contributed by atoms with Crippen molar-refractivity contribution in [3.05, 3.63) is 18.2 Å². The molecule has 1 aromatic carbocycles. The van der Waals surface area contributed by atoms with Crippen LogP contribution in [0.5, 0.6) is 5.75 Å². The summed E-state index contributed by atoms with van der Waals surface area (Å²) in [6.07, 6.45) is -1.78. The van der Waals surface area contributed by atoms with Crippen LogP contribution in [0.4, 0.5) is 11.4 Å². The number of carbonyl (C=O) groups is 3. The van der Waals surface area contributed by atoms with E-state index in [4.69, 9.17) is 41.9 Å². The first-order chi connectivity index (χ1) is 16.2. The molecule has 150 valence electrons. The molecule has 1 aromatic rings. The average Bonchev–Trinajstić information content (AvgIpc) is 2.66. The maximum Gasteiger partial charge on any atom is 0.341 e. The highest BCUT2D eigenvalue weighted by Gasteiger charge is 2.20. The van der Waals surface area contributed by atoms with E-state index >= 15 is 0 Å². The lowest BCUT2D eigenvalue weighted by Gasteiger charge is -2.25. The van der Waals surface area contributed by atoms with Gasteiger partial charge in [0.25, 0.3) is 0 Å². The van der Waals surface area contributed by atoms with Crippen LogP contribution in [0, 0.1) is 0 Å². The maximum atomic E-state index is 11.0. The molecule has 0 saturated carbocycles. The maximum absolute atomic E-state index is 11.0. The Kier molecular flexibility index (Phi) is 4.22. The molecule has 0 aliphatic heterocycles. The Morgan fingerprint density at radius 1 is 1.04 bits per heavy atom. The Hall–Kier alpha value is -2.89. The summed E-state index contributed by atoms with van der Waals surface area (Å²) in [5, 5.41) is 28.9. The first-order valence-electron chi connectivity index (χ1n) is 11.6. The van der Waals surface area contributed by atoms with E-state index in [2.05, 4.69) is 5.32 Å². The van der Waals surface area contributed by atoms with E-state index in [-0.39, 0.29) is 5.69 Å². The van der Waals surface area contributed by atoms with E-state index in [1.54, 1.807) is 0 Å². The van der Waals surface area contributed by atoms with Crippen LogP contribution >= 0.6 is 0 Å². The molecule has 0 saturated heterocycles. The first kappa shape index (κ1) is 11.7. The van der Waals surface area contributed by atoms with Gasteiger partial charge in [0.05, 0.1) is 39.0 Å². The minimum atomic E-state index is -3.67. The summed E-state index contributed by atoms with van der Waals surface area (Å²) < 4.78 is 82.2. The van der Waals surface area contributed by atoms with Gasteiger partial charge >= 0.3 is 17.9 Å². The molecule has 1 rings (SSSR count). The highest BCUT2D eigenvalue weighted by atomic mass is 16.7. The summed E-state index contributed by atoms with van der Waals surface area (Å²) in [7, 11) is 0. The second-order valence-electron chi connectivity index (χ2n) is 4.92. The fourth-order valence-electron chi connectivity index (χ4n) is 1.65. The van der Waals surface area contributed by atoms with Crippen LogP contribution in [-0.4, -0.2) is 80.4 Å². The highest BCUT2D eigenvalue weighted by molar-refractivity contribution is 5.70. The monoisotopic (exact) mass is 397 g/mol. The van der Waals surface area contributed by atoms with E-state index in [1.807, 2.05) is 0 Å². The van der Waals surface area contributed by atoms with Gasteiger partial charge in [0.1, 0.15) is 24.7 Å². The number of benzene rings is 1. The largest absolute Gasteiger partial charge is 0.480 e. The minimum absolute atomic E-state index is 0.305. The van der Waals surface area contributed by atoms with Crippen molar-refractivity contribution in [2.45, 2.75) is 6.41 Å².